The van der Waals surface area contributed by atoms with Gasteiger partial charge in [-0.15, -0.1) is 0 Å². The monoisotopic (exact) mass is 266 g/mol. The van der Waals surface area contributed by atoms with Crippen LogP contribution in [0.5, 0.6) is 0 Å². The fourth-order valence-electron chi connectivity index (χ4n) is 2.31. The predicted molar refractivity (Wildman–Crippen MR) is 67.5 cm³/mol. The number of carbonyl (C=O) groups is 1. The van der Waals surface area contributed by atoms with Crippen molar-refractivity contribution in [1.82, 2.24) is 0 Å². The summed E-state index contributed by atoms with van der Waals surface area (Å²) < 4.78 is 10.7. The van der Waals surface area contributed by atoms with Crippen LogP contribution in [-0.4, -0.2) is 47.2 Å². The molecule has 0 aliphatic carbocycles. The van der Waals surface area contributed by atoms with Crippen LogP contribution < -0.4 is 0 Å². The van der Waals surface area contributed by atoms with Gasteiger partial charge < -0.3 is 19.7 Å². The minimum Gasteiger partial charge on any atom is -0.457 e. The number of esters is 1. The molecule has 2 N–H and O–H groups in total. The van der Waals surface area contributed by atoms with Crippen LogP contribution in [0.15, 0.2) is 30.3 Å². The van der Waals surface area contributed by atoms with Crippen molar-refractivity contribution < 1.29 is 24.5 Å². The fraction of sp³-hybridized carbons (Fsp3) is 0.500. The lowest BCUT2D eigenvalue weighted by molar-refractivity contribution is -0.152. The molecule has 1 saturated heterocycles. The summed E-state index contributed by atoms with van der Waals surface area (Å²) in [6.07, 6.45) is -2.37. The predicted octanol–water partition coefficient (Wildman–Crippen LogP) is 0.281. The molecule has 4 atom stereocenters. The zero-order chi connectivity index (χ0) is 13.8. The third-order valence-corrected chi connectivity index (χ3v) is 3.20. The molecular weight excluding hydrogens is 248 g/mol. The van der Waals surface area contributed by atoms with E-state index in [1.54, 1.807) is 0 Å². The van der Waals surface area contributed by atoms with Gasteiger partial charge in [0.15, 0.2) is 6.10 Å². The smallest absolute Gasteiger partial charge is 0.303 e. The Labute approximate surface area is 111 Å². The third kappa shape index (κ3) is 3.32. The Kier molecular flexibility index (Phi) is 4.52. The number of hydrogen-bond donors (Lipinski definition) is 2. The first-order chi connectivity index (χ1) is 9.11. The molecule has 19 heavy (non-hydrogen) atoms. The normalized spacial score (nSPS) is 30.3. The van der Waals surface area contributed by atoms with Gasteiger partial charge in [-0.1, -0.05) is 30.3 Å². The summed E-state index contributed by atoms with van der Waals surface area (Å²) in [6.45, 7) is 0.989. The highest BCUT2D eigenvalue weighted by molar-refractivity contribution is 5.66. The molecule has 0 saturated carbocycles. The Bertz CT molecular complexity index is 419. The summed E-state index contributed by atoms with van der Waals surface area (Å²) in [5.41, 5.74) is 1.02. The first-order valence-electron chi connectivity index (χ1n) is 6.27. The lowest BCUT2D eigenvalue weighted by Crippen LogP contribution is -2.38. The van der Waals surface area contributed by atoms with E-state index < -0.39 is 30.4 Å². The Balaban J connectivity index is 2.10. The molecule has 1 aliphatic rings. The van der Waals surface area contributed by atoms with E-state index in [0.29, 0.717) is 6.42 Å². The number of benzene rings is 1. The minimum absolute atomic E-state index is 0.301. The van der Waals surface area contributed by atoms with Crippen LogP contribution in [0.4, 0.5) is 0 Å². The Morgan fingerprint density at radius 3 is 2.58 bits per heavy atom. The van der Waals surface area contributed by atoms with Crippen molar-refractivity contribution >= 4 is 5.97 Å². The summed E-state index contributed by atoms with van der Waals surface area (Å²) in [5.74, 6) is -0.468. The quantitative estimate of drug-likeness (QED) is 0.766. The number of aliphatic hydroxyl groups excluding tert-OH is 2. The van der Waals surface area contributed by atoms with Crippen molar-refractivity contribution in [2.24, 2.45) is 0 Å². The van der Waals surface area contributed by atoms with Crippen LogP contribution >= 0.6 is 0 Å². The molecule has 1 heterocycles. The fourth-order valence-corrected chi connectivity index (χ4v) is 2.31. The maximum atomic E-state index is 11.1. The van der Waals surface area contributed by atoms with E-state index in [0.717, 1.165) is 5.56 Å². The van der Waals surface area contributed by atoms with Gasteiger partial charge in [0.1, 0.15) is 18.3 Å². The molecule has 1 aromatic rings. The number of carbonyl (C=O) groups excluding carboxylic acids is 1. The van der Waals surface area contributed by atoms with Crippen molar-refractivity contribution in [3.63, 3.8) is 0 Å². The van der Waals surface area contributed by atoms with E-state index in [-0.39, 0.29) is 6.61 Å². The highest BCUT2D eigenvalue weighted by Gasteiger charge is 2.45. The lowest BCUT2D eigenvalue weighted by Gasteiger charge is -2.20. The summed E-state index contributed by atoms with van der Waals surface area (Å²) in [5, 5.41) is 19.1. The molecule has 5 nitrogen and oxygen atoms in total. The van der Waals surface area contributed by atoms with Crippen LogP contribution in [0.3, 0.4) is 0 Å². The standard InChI is InChI=1S/C14H18O5/c1-9(16)18-14-11(19-12(8-15)13(14)17)7-10-5-3-2-4-6-10/h2-6,11-15,17H,7-8H2,1H3. The molecular formula is C14H18O5. The van der Waals surface area contributed by atoms with Crippen LogP contribution in [0.1, 0.15) is 12.5 Å². The molecule has 1 fully saturated rings. The van der Waals surface area contributed by atoms with Crippen LogP contribution in [0.25, 0.3) is 0 Å². The summed E-state index contributed by atoms with van der Waals surface area (Å²) in [4.78, 5) is 11.1. The second-order valence-electron chi connectivity index (χ2n) is 4.65. The topological polar surface area (TPSA) is 76.0 Å². The van der Waals surface area contributed by atoms with Crippen LogP contribution in [0.2, 0.25) is 0 Å². The zero-order valence-corrected chi connectivity index (χ0v) is 10.7. The molecule has 2 rings (SSSR count). The number of ether oxygens (including phenoxy) is 2. The van der Waals surface area contributed by atoms with Crippen LogP contribution in [0, 0.1) is 0 Å². The van der Waals surface area contributed by atoms with Gasteiger partial charge in [0, 0.05) is 13.3 Å². The number of aliphatic hydroxyl groups is 2. The van der Waals surface area contributed by atoms with Gasteiger partial charge in [-0.2, -0.15) is 0 Å². The second kappa shape index (κ2) is 6.14. The molecule has 4 unspecified atom stereocenters. The van der Waals surface area contributed by atoms with Crippen molar-refractivity contribution in [3.05, 3.63) is 35.9 Å². The Hall–Kier alpha value is -1.43. The van der Waals surface area contributed by atoms with Crippen molar-refractivity contribution in [3.8, 4) is 0 Å². The van der Waals surface area contributed by atoms with Crippen molar-refractivity contribution in [1.29, 1.82) is 0 Å². The molecule has 0 spiro atoms. The highest BCUT2D eigenvalue weighted by atomic mass is 16.6. The molecule has 0 radical (unpaired) electrons. The Morgan fingerprint density at radius 1 is 1.32 bits per heavy atom. The second-order valence-corrected chi connectivity index (χ2v) is 4.65. The van der Waals surface area contributed by atoms with Gasteiger partial charge in [0.05, 0.1) is 6.61 Å². The summed E-state index contributed by atoms with van der Waals surface area (Å²) >= 11 is 0. The maximum absolute atomic E-state index is 11.1. The molecule has 1 aliphatic heterocycles. The minimum atomic E-state index is -0.998. The van der Waals surface area contributed by atoms with E-state index in [1.807, 2.05) is 30.3 Å². The molecule has 0 bridgehead atoms. The highest BCUT2D eigenvalue weighted by Crippen LogP contribution is 2.26. The van der Waals surface area contributed by atoms with E-state index in [4.69, 9.17) is 14.6 Å². The van der Waals surface area contributed by atoms with E-state index >= 15 is 0 Å². The van der Waals surface area contributed by atoms with Gasteiger partial charge in [0.2, 0.25) is 0 Å². The first kappa shape index (κ1) is 14.0. The van der Waals surface area contributed by atoms with Gasteiger partial charge >= 0.3 is 5.97 Å². The van der Waals surface area contributed by atoms with Gasteiger partial charge in [-0.3, -0.25) is 4.79 Å². The van der Waals surface area contributed by atoms with Crippen molar-refractivity contribution in [2.45, 2.75) is 37.8 Å². The van der Waals surface area contributed by atoms with E-state index in [1.165, 1.54) is 6.92 Å². The molecule has 1 aromatic carbocycles. The average Bonchev–Trinajstić information content (AvgIpc) is 2.68. The van der Waals surface area contributed by atoms with Gasteiger partial charge in [0.25, 0.3) is 0 Å². The Morgan fingerprint density at radius 2 is 2.00 bits per heavy atom. The first-order valence-corrected chi connectivity index (χ1v) is 6.27. The zero-order valence-electron chi connectivity index (χ0n) is 10.7. The molecule has 0 aromatic heterocycles. The van der Waals surface area contributed by atoms with Crippen LogP contribution in [-0.2, 0) is 20.7 Å². The molecule has 0 amide bonds. The summed E-state index contributed by atoms with van der Waals surface area (Å²) in [6, 6.07) is 9.60. The van der Waals surface area contributed by atoms with E-state index in [9.17, 15) is 9.90 Å². The number of hydrogen-bond acceptors (Lipinski definition) is 5. The van der Waals surface area contributed by atoms with Gasteiger partial charge in [-0.25, -0.2) is 0 Å². The third-order valence-electron chi connectivity index (χ3n) is 3.20. The van der Waals surface area contributed by atoms with Gasteiger partial charge in [-0.05, 0) is 5.56 Å². The summed E-state index contributed by atoms with van der Waals surface area (Å²) in [7, 11) is 0. The van der Waals surface area contributed by atoms with E-state index in [2.05, 4.69) is 0 Å². The van der Waals surface area contributed by atoms with Crippen molar-refractivity contribution in [2.75, 3.05) is 6.61 Å². The number of rotatable bonds is 4. The lowest BCUT2D eigenvalue weighted by atomic mass is 10.0. The molecule has 5 heteroatoms. The largest absolute Gasteiger partial charge is 0.457 e. The SMILES string of the molecule is CC(=O)OC1C(Cc2ccccc2)OC(CO)C1O. The molecule has 104 valence electrons. The maximum Gasteiger partial charge on any atom is 0.303 e. The average molecular weight is 266 g/mol.